The number of unbranched alkanes of at least 4 members (excludes halogenated alkanes) is 2. The number of thiocarbonyl (C=S) groups is 1. The van der Waals surface area contributed by atoms with Crippen LogP contribution in [0, 0.1) is 0 Å². The van der Waals surface area contributed by atoms with Crippen molar-refractivity contribution >= 4 is 57.8 Å². The van der Waals surface area contributed by atoms with E-state index in [0.717, 1.165) is 24.2 Å². The molecule has 1 N–H and O–H groups in total. The molecule has 1 aliphatic heterocycles. The minimum atomic E-state index is -0.389. The van der Waals surface area contributed by atoms with E-state index in [4.69, 9.17) is 21.7 Å². The molecule has 0 unspecified atom stereocenters. The SMILES string of the molecule is CCOC(=O)c1ccc(NC(=O)CCCCCN2C(=O)/C(=C/c3cccc(Oc4ccccc4)c3)SC2=S)cc1. The van der Waals surface area contributed by atoms with E-state index < -0.39 is 0 Å². The lowest BCUT2D eigenvalue weighted by Gasteiger charge is -2.14. The maximum Gasteiger partial charge on any atom is 0.338 e. The number of thioether (sulfide) groups is 1. The number of nitrogens with zero attached hydrogens (tertiary/aromatic N) is 1. The minimum absolute atomic E-state index is 0.101. The molecule has 7 nitrogen and oxygen atoms in total. The number of anilines is 1. The van der Waals surface area contributed by atoms with Crippen LogP contribution >= 0.6 is 24.0 Å². The minimum Gasteiger partial charge on any atom is -0.462 e. The van der Waals surface area contributed by atoms with E-state index in [1.54, 1.807) is 36.1 Å². The molecule has 1 aliphatic rings. The summed E-state index contributed by atoms with van der Waals surface area (Å²) in [5.41, 5.74) is 1.92. The van der Waals surface area contributed by atoms with Gasteiger partial charge in [-0.1, -0.05) is 60.7 Å². The van der Waals surface area contributed by atoms with Gasteiger partial charge in [0.1, 0.15) is 15.8 Å². The predicted molar refractivity (Wildman–Crippen MR) is 162 cm³/mol. The molecule has 3 aromatic carbocycles. The highest BCUT2D eigenvalue weighted by Crippen LogP contribution is 2.33. The lowest BCUT2D eigenvalue weighted by Crippen LogP contribution is -2.29. The maximum absolute atomic E-state index is 13.0. The van der Waals surface area contributed by atoms with Crippen LogP contribution in [0.4, 0.5) is 5.69 Å². The lowest BCUT2D eigenvalue weighted by atomic mass is 10.1. The molecule has 2 amide bonds. The number of amides is 2. The Bertz CT molecular complexity index is 1390. The lowest BCUT2D eigenvalue weighted by molar-refractivity contribution is -0.122. The molecule has 1 fully saturated rings. The standard InChI is InChI=1S/C31H30N2O5S2/c1-2-37-30(36)23-15-17-24(18-16-23)32-28(34)14-7-4-8-19-33-29(35)27(40-31(33)39)21-22-10-9-13-26(20-22)38-25-11-5-3-6-12-25/h3,5-6,9-13,15-18,20-21H,2,4,7-8,14,19H2,1H3,(H,32,34)/b27-21-. The fourth-order valence-corrected chi connectivity index (χ4v) is 5.30. The summed E-state index contributed by atoms with van der Waals surface area (Å²) < 4.78 is 11.4. The van der Waals surface area contributed by atoms with Crippen LogP contribution in [-0.4, -0.2) is 40.2 Å². The monoisotopic (exact) mass is 574 g/mol. The number of esters is 1. The largest absolute Gasteiger partial charge is 0.462 e. The molecular weight excluding hydrogens is 544 g/mol. The number of hydrogen-bond donors (Lipinski definition) is 1. The molecule has 0 atom stereocenters. The van der Waals surface area contributed by atoms with Crippen molar-refractivity contribution < 1.29 is 23.9 Å². The van der Waals surface area contributed by atoms with Crippen molar-refractivity contribution in [2.45, 2.75) is 32.6 Å². The van der Waals surface area contributed by atoms with Crippen molar-refractivity contribution in [3.05, 3.63) is 94.9 Å². The van der Waals surface area contributed by atoms with Crippen molar-refractivity contribution in [1.82, 2.24) is 4.90 Å². The molecule has 3 aromatic rings. The first-order valence-corrected chi connectivity index (χ1v) is 14.3. The van der Waals surface area contributed by atoms with Gasteiger partial charge in [-0.25, -0.2) is 4.79 Å². The van der Waals surface area contributed by atoms with Gasteiger partial charge in [-0.15, -0.1) is 0 Å². The van der Waals surface area contributed by atoms with Crippen molar-refractivity contribution in [3.8, 4) is 11.5 Å². The molecule has 9 heteroatoms. The van der Waals surface area contributed by atoms with Gasteiger partial charge in [0.15, 0.2) is 0 Å². The number of para-hydroxylation sites is 1. The number of carbonyl (C=O) groups is 3. The number of ether oxygens (including phenoxy) is 2. The third kappa shape index (κ3) is 8.27. The second kappa shape index (κ2) is 14.4. The Balaban J connectivity index is 1.20. The summed E-state index contributed by atoms with van der Waals surface area (Å²) in [7, 11) is 0. The van der Waals surface area contributed by atoms with Gasteiger partial charge < -0.3 is 14.8 Å². The van der Waals surface area contributed by atoms with Gasteiger partial charge in [-0.2, -0.15) is 0 Å². The molecule has 0 saturated carbocycles. The molecule has 0 aliphatic carbocycles. The van der Waals surface area contributed by atoms with Gasteiger partial charge in [0, 0.05) is 18.7 Å². The first kappa shape index (κ1) is 29.0. The number of hydrogen-bond acceptors (Lipinski definition) is 7. The van der Waals surface area contributed by atoms with Gasteiger partial charge >= 0.3 is 5.97 Å². The quantitative estimate of drug-likeness (QED) is 0.107. The maximum atomic E-state index is 13.0. The Kier molecular flexibility index (Phi) is 10.5. The summed E-state index contributed by atoms with van der Waals surface area (Å²) in [6, 6.07) is 23.7. The van der Waals surface area contributed by atoms with Crippen LogP contribution in [0.25, 0.3) is 6.08 Å². The zero-order valence-corrected chi connectivity index (χ0v) is 23.8. The molecule has 1 heterocycles. The van der Waals surface area contributed by atoms with Gasteiger partial charge in [0.25, 0.3) is 5.91 Å². The summed E-state index contributed by atoms with van der Waals surface area (Å²) in [6.07, 6.45) is 4.40. The molecule has 1 saturated heterocycles. The smallest absolute Gasteiger partial charge is 0.338 e. The molecule has 4 rings (SSSR count). The number of rotatable bonds is 12. The van der Waals surface area contributed by atoms with E-state index in [9.17, 15) is 14.4 Å². The first-order chi connectivity index (χ1) is 19.4. The van der Waals surface area contributed by atoms with Gasteiger partial charge in [-0.05, 0) is 79.9 Å². The van der Waals surface area contributed by atoms with Crippen molar-refractivity contribution in [2.24, 2.45) is 0 Å². The predicted octanol–water partition coefficient (Wildman–Crippen LogP) is 7.06. The van der Waals surface area contributed by atoms with Gasteiger partial charge in [-0.3, -0.25) is 14.5 Å². The van der Waals surface area contributed by atoms with Crippen LogP contribution in [0.15, 0.2) is 83.8 Å². The molecule has 40 heavy (non-hydrogen) atoms. The van der Waals surface area contributed by atoms with E-state index in [-0.39, 0.29) is 17.8 Å². The Morgan fingerprint density at radius 1 is 0.950 bits per heavy atom. The van der Waals surface area contributed by atoms with Crippen LogP contribution < -0.4 is 10.1 Å². The highest BCUT2D eigenvalue weighted by molar-refractivity contribution is 8.26. The zero-order chi connectivity index (χ0) is 28.3. The molecule has 0 radical (unpaired) electrons. The highest BCUT2D eigenvalue weighted by atomic mass is 32.2. The van der Waals surface area contributed by atoms with Crippen molar-refractivity contribution in [1.29, 1.82) is 0 Å². The van der Waals surface area contributed by atoms with E-state index in [0.29, 0.717) is 52.2 Å². The normalized spacial score (nSPS) is 13.9. The summed E-state index contributed by atoms with van der Waals surface area (Å²) in [6.45, 7) is 2.57. The first-order valence-electron chi connectivity index (χ1n) is 13.1. The molecule has 0 spiro atoms. The van der Waals surface area contributed by atoms with Crippen LogP contribution in [0.5, 0.6) is 11.5 Å². The third-order valence-electron chi connectivity index (χ3n) is 5.97. The van der Waals surface area contributed by atoms with E-state index in [1.807, 2.05) is 60.7 Å². The zero-order valence-electron chi connectivity index (χ0n) is 22.1. The van der Waals surface area contributed by atoms with E-state index >= 15 is 0 Å². The summed E-state index contributed by atoms with van der Waals surface area (Å²) in [5, 5.41) is 2.84. The number of nitrogens with one attached hydrogen (secondary N) is 1. The fraction of sp³-hybridized carbons (Fsp3) is 0.226. The van der Waals surface area contributed by atoms with Crippen LogP contribution in [-0.2, 0) is 14.3 Å². The molecular formula is C31H30N2O5S2. The Morgan fingerprint density at radius 3 is 2.45 bits per heavy atom. The molecule has 0 bridgehead atoms. The second-order valence-corrected chi connectivity index (χ2v) is 10.7. The third-order valence-corrected chi connectivity index (χ3v) is 7.35. The topological polar surface area (TPSA) is 84.9 Å². The average molecular weight is 575 g/mol. The van der Waals surface area contributed by atoms with Crippen molar-refractivity contribution in [3.63, 3.8) is 0 Å². The summed E-state index contributed by atoms with van der Waals surface area (Å²) in [4.78, 5) is 39.2. The molecule has 0 aromatic heterocycles. The summed E-state index contributed by atoms with van der Waals surface area (Å²) >= 11 is 6.76. The van der Waals surface area contributed by atoms with Crippen LogP contribution in [0.2, 0.25) is 0 Å². The molecule has 206 valence electrons. The Labute approximate surface area is 243 Å². The number of benzene rings is 3. The average Bonchev–Trinajstić information content (AvgIpc) is 3.21. The van der Waals surface area contributed by atoms with Crippen LogP contribution in [0.3, 0.4) is 0 Å². The Morgan fingerprint density at radius 2 is 1.70 bits per heavy atom. The van der Waals surface area contributed by atoms with Crippen molar-refractivity contribution in [2.75, 3.05) is 18.5 Å². The summed E-state index contributed by atoms with van der Waals surface area (Å²) in [5.74, 6) is 0.839. The van der Waals surface area contributed by atoms with E-state index in [1.165, 1.54) is 11.8 Å². The van der Waals surface area contributed by atoms with Gasteiger partial charge in [0.05, 0.1) is 17.1 Å². The number of carbonyl (C=O) groups excluding carboxylic acids is 3. The highest BCUT2D eigenvalue weighted by Gasteiger charge is 2.31. The van der Waals surface area contributed by atoms with Crippen LogP contribution in [0.1, 0.15) is 48.5 Å². The van der Waals surface area contributed by atoms with Gasteiger partial charge in [0.2, 0.25) is 5.91 Å². The second-order valence-electron chi connectivity index (χ2n) is 8.98. The van der Waals surface area contributed by atoms with E-state index in [2.05, 4.69) is 5.32 Å². The Hall–Kier alpha value is -3.95. The fourth-order valence-electron chi connectivity index (χ4n) is 4.00.